The van der Waals surface area contributed by atoms with Crippen molar-refractivity contribution in [3.63, 3.8) is 0 Å². The van der Waals surface area contributed by atoms with Crippen LogP contribution in [0.25, 0.3) is 0 Å². The van der Waals surface area contributed by atoms with Crippen LogP contribution in [-0.4, -0.2) is 47.4 Å². The number of carbonyl (C=O) groups is 1. The smallest absolute Gasteiger partial charge is 0.410 e. The molecule has 1 fully saturated rings. The molecule has 1 aromatic rings. The maximum absolute atomic E-state index is 11.8. The predicted molar refractivity (Wildman–Crippen MR) is 87.7 cm³/mol. The number of likely N-dealkylation sites (tertiary alicyclic amines) is 1. The van der Waals surface area contributed by atoms with E-state index < -0.39 is 5.60 Å². The van der Waals surface area contributed by atoms with Gasteiger partial charge in [-0.15, -0.1) is 0 Å². The van der Waals surface area contributed by atoms with Gasteiger partial charge in [0.1, 0.15) is 5.60 Å². The lowest BCUT2D eigenvalue weighted by Gasteiger charge is -2.40. The van der Waals surface area contributed by atoms with Gasteiger partial charge in [-0.05, 0) is 45.4 Å². The lowest BCUT2D eigenvalue weighted by molar-refractivity contribution is 0.00518. The maximum atomic E-state index is 11.8. The summed E-state index contributed by atoms with van der Waals surface area (Å²) in [5.74, 6) is 0.645. The van der Waals surface area contributed by atoms with Crippen LogP contribution in [0, 0.1) is 0 Å². The zero-order valence-corrected chi connectivity index (χ0v) is 14.3. The summed E-state index contributed by atoms with van der Waals surface area (Å²) in [6.45, 7) is 9.93. The van der Waals surface area contributed by atoms with Gasteiger partial charge in [0.25, 0.3) is 0 Å². The van der Waals surface area contributed by atoms with Gasteiger partial charge >= 0.3 is 6.09 Å². The lowest BCUT2D eigenvalue weighted by Crippen LogP contribution is -2.60. The molecule has 1 heterocycles. The average molecular weight is 322 g/mol. The Hall–Kier alpha value is -1.95. The molecule has 0 aliphatic carbocycles. The molecule has 128 valence electrons. The first-order valence-electron chi connectivity index (χ1n) is 7.94. The standard InChI is InChI=1S/C17H26N2O4/c1-5-22-15-8-12(6-7-14(15)20)9-18-13-10-19(11-13)16(21)23-17(2,3)4/h6-8,13,18,20H,5,9-11H2,1-4H3. The highest BCUT2D eigenvalue weighted by atomic mass is 16.6. The zero-order valence-electron chi connectivity index (χ0n) is 14.3. The van der Waals surface area contributed by atoms with E-state index in [2.05, 4.69) is 5.32 Å². The minimum absolute atomic E-state index is 0.148. The van der Waals surface area contributed by atoms with E-state index >= 15 is 0 Å². The predicted octanol–water partition coefficient (Wildman–Crippen LogP) is 2.50. The second kappa shape index (κ2) is 7.08. The van der Waals surface area contributed by atoms with E-state index in [4.69, 9.17) is 9.47 Å². The fourth-order valence-electron chi connectivity index (χ4n) is 2.29. The largest absolute Gasteiger partial charge is 0.504 e. The summed E-state index contributed by atoms with van der Waals surface area (Å²) in [7, 11) is 0. The van der Waals surface area contributed by atoms with Crippen molar-refractivity contribution in [3.05, 3.63) is 23.8 Å². The normalized spacial score (nSPS) is 15.2. The number of ether oxygens (including phenoxy) is 2. The third-order valence-corrected chi connectivity index (χ3v) is 3.45. The van der Waals surface area contributed by atoms with Crippen molar-refractivity contribution in [1.29, 1.82) is 0 Å². The summed E-state index contributed by atoms with van der Waals surface area (Å²) in [5, 5.41) is 13.1. The van der Waals surface area contributed by atoms with Gasteiger partial charge in [-0.1, -0.05) is 6.07 Å². The number of hydrogen-bond acceptors (Lipinski definition) is 5. The minimum Gasteiger partial charge on any atom is -0.504 e. The summed E-state index contributed by atoms with van der Waals surface area (Å²) < 4.78 is 10.7. The van der Waals surface area contributed by atoms with Gasteiger partial charge in [0.15, 0.2) is 11.5 Å². The van der Waals surface area contributed by atoms with E-state index in [0.29, 0.717) is 32.0 Å². The van der Waals surface area contributed by atoms with Gasteiger partial charge in [0.2, 0.25) is 0 Å². The number of nitrogens with zero attached hydrogens (tertiary/aromatic N) is 1. The first kappa shape index (κ1) is 17.4. The molecule has 0 unspecified atom stereocenters. The summed E-state index contributed by atoms with van der Waals surface area (Å²) in [4.78, 5) is 13.5. The van der Waals surface area contributed by atoms with E-state index in [1.54, 1.807) is 11.0 Å². The topological polar surface area (TPSA) is 71.0 Å². The molecule has 0 atom stereocenters. The Kier molecular flexibility index (Phi) is 5.36. The van der Waals surface area contributed by atoms with Crippen LogP contribution in [0.3, 0.4) is 0 Å². The van der Waals surface area contributed by atoms with Gasteiger partial charge < -0.3 is 24.8 Å². The third-order valence-electron chi connectivity index (χ3n) is 3.45. The molecule has 0 saturated carbocycles. The monoisotopic (exact) mass is 322 g/mol. The van der Waals surface area contributed by atoms with Crippen molar-refractivity contribution in [2.24, 2.45) is 0 Å². The van der Waals surface area contributed by atoms with E-state index in [9.17, 15) is 9.90 Å². The molecule has 23 heavy (non-hydrogen) atoms. The van der Waals surface area contributed by atoms with Gasteiger partial charge in [0, 0.05) is 25.7 Å². The van der Waals surface area contributed by atoms with Gasteiger partial charge in [-0.2, -0.15) is 0 Å². The fourth-order valence-corrected chi connectivity index (χ4v) is 2.29. The van der Waals surface area contributed by atoms with Crippen LogP contribution in [0.2, 0.25) is 0 Å². The SMILES string of the molecule is CCOc1cc(CNC2CN(C(=O)OC(C)(C)C)C2)ccc1O. The van der Waals surface area contributed by atoms with Crippen molar-refractivity contribution in [2.45, 2.75) is 45.9 Å². The van der Waals surface area contributed by atoms with Crippen LogP contribution in [0.1, 0.15) is 33.3 Å². The number of rotatable bonds is 5. The highest BCUT2D eigenvalue weighted by molar-refractivity contribution is 5.69. The molecule has 1 aliphatic heterocycles. The van der Waals surface area contributed by atoms with E-state index in [1.165, 1.54) is 0 Å². The third kappa shape index (κ3) is 5.03. The summed E-state index contributed by atoms with van der Waals surface area (Å²) >= 11 is 0. The summed E-state index contributed by atoms with van der Waals surface area (Å²) in [6.07, 6.45) is -0.265. The number of amides is 1. The van der Waals surface area contributed by atoms with Crippen molar-refractivity contribution < 1.29 is 19.4 Å². The molecule has 1 amide bonds. The summed E-state index contributed by atoms with van der Waals surface area (Å²) in [6, 6.07) is 5.58. The Morgan fingerprint density at radius 1 is 1.39 bits per heavy atom. The quantitative estimate of drug-likeness (QED) is 0.871. The molecular formula is C17H26N2O4. The van der Waals surface area contributed by atoms with Crippen molar-refractivity contribution in [3.8, 4) is 11.5 Å². The molecule has 1 saturated heterocycles. The Labute approximate surface area is 137 Å². The maximum Gasteiger partial charge on any atom is 0.410 e. The average Bonchev–Trinajstić information content (AvgIpc) is 2.38. The summed E-state index contributed by atoms with van der Waals surface area (Å²) in [5.41, 5.74) is 0.569. The molecule has 0 radical (unpaired) electrons. The number of hydrogen-bond donors (Lipinski definition) is 2. The number of phenolic OH excluding ortho intramolecular Hbond substituents is 1. The van der Waals surface area contributed by atoms with Gasteiger partial charge in [-0.3, -0.25) is 0 Å². The first-order valence-corrected chi connectivity index (χ1v) is 7.94. The molecule has 6 nitrogen and oxygen atoms in total. The molecule has 6 heteroatoms. The number of aromatic hydroxyl groups is 1. The second-order valence-corrected chi connectivity index (χ2v) is 6.70. The van der Waals surface area contributed by atoms with Crippen molar-refractivity contribution >= 4 is 6.09 Å². The van der Waals surface area contributed by atoms with E-state index in [1.807, 2.05) is 39.8 Å². The number of phenols is 1. The van der Waals surface area contributed by atoms with Crippen molar-refractivity contribution in [1.82, 2.24) is 10.2 Å². The van der Waals surface area contributed by atoms with E-state index in [0.717, 1.165) is 5.56 Å². The lowest BCUT2D eigenvalue weighted by atomic mass is 10.1. The number of carbonyl (C=O) groups excluding carboxylic acids is 1. The molecule has 0 bridgehead atoms. The molecule has 0 aromatic heterocycles. The van der Waals surface area contributed by atoms with Crippen LogP contribution >= 0.6 is 0 Å². The van der Waals surface area contributed by atoms with Crippen LogP contribution in [0.4, 0.5) is 4.79 Å². The van der Waals surface area contributed by atoms with Crippen LogP contribution in [-0.2, 0) is 11.3 Å². The Bertz CT molecular complexity index is 548. The second-order valence-electron chi connectivity index (χ2n) is 6.70. The highest BCUT2D eigenvalue weighted by Crippen LogP contribution is 2.27. The Balaban J connectivity index is 1.76. The van der Waals surface area contributed by atoms with Crippen molar-refractivity contribution in [2.75, 3.05) is 19.7 Å². The number of nitrogens with one attached hydrogen (secondary N) is 1. The van der Waals surface area contributed by atoms with Crippen LogP contribution in [0.5, 0.6) is 11.5 Å². The molecule has 2 rings (SSSR count). The highest BCUT2D eigenvalue weighted by Gasteiger charge is 2.33. The molecular weight excluding hydrogens is 296 g/mol. The first-order chi connectivity index (χ1) is 10.8. The molecule has 1 aliphatic rings. The van der Waals surface area contributed by atoms with E-state index in [-0.39, 0.29) is 17.9 Å². The van der Waals surface area contributed by atoms with Crippen LogP contribution < -0.4 is 10.1 Å². The zero-order chi connectivity index (χ0) is 17.0. The minimum atomic E-state index is -0.461. The molecule has 1 aromatic carbocycles. The molecule has 2 N–H and O–H groups in total. The molecule has 0 spiro atoms. The van der Waals surface area contributed by atoms with Gasteiger partial charge in [0.05, 0.1) is 6.61 Å². The number of benzene rings is 1. The van der Waals surface area contributed by atoms with Crippen LogP contribution in [0.15, 0.2) is 18.2 Å². The fraction of sp³-hybridized carbons (Fsp3) is 0.588. The Morgan fingerprint density at radius 3 is 2.70 bits per heavy atom. The Morgan fingerprint density at radius 2 is 2.09 bits per heavy atom. The van der Waals surface area contributed by atoms with Gasteiger partial charge in [-0.25, -0.2) is 4.79 Å².